The van der Waals surface area contributed by atoms with Gasteiger partial charge in [0.2, 0.25) is 0 Å². The van der Waals surface area contributed by atoms with E-state index in [-0.39, 0.29) is 12.0 Å². The van der Waals surface area contributed by atoms with Gasteiger partial charge in [0, 0.05) is 18.0 Å². The lowest BCUT2D eigenvalue weighted by molar-refractivity contribution is -0.147. The largest absolute Gasteiger partial charge is 0.468 e. The number of carbonyl (C=O) groups excluding carboxylic acids is 1. The molecular weight excluding hydrogens is 246 g/mol. The van der Waals surface area contributed by atoms with Crippen molar-refractivity contribution in [3.63, 3.8) is 0 Å². The van der Waals surface area contributed by atoms with E-state index < -0.39 is 0 Å². The molecule has 3 nitrogen and oxygen atoms in total. The number of hydrogen-bond acceptors (Lipinski definition) is 4. The SMILES string of the molecule is CCCCC(C(=O)OC)N1CCc2sccc2C1. The first kappa shape index (κ1) is 13.6. The van der Waals surface area contributed by atoms with Gasteiger partial charge in [0.15, 0.2) is 0 Å². The predicted octanol–water partition coefficient (Wildman–Crippen LogP) is 2.84. The molecule has 0 aliphatic carbocycles. The molecule has 2 heterocycles. The van der Waals surface area contributed by atoms with Gasteiger partial charge in [0.05, 0.1) is 7.11 Å². The van der Waals surface area contributed by atoms with Crippen LogP contribution in [0.1, 0.15) is 36.6 Å². The smallest absolute Gasteiger partial charge is 0.323 e. The van der Waals surface area contributed by atoms with Gasteiger partial charge in [-0.15, -0.1) is 11.3 Å². The van der Waals surface area contributed by atoms with Crippen LogP contribution in [0.5, 0.6) is 0 Å². The highest BCUT2D eigenvalue weighted by Crippen LogP contribution is 2.26. The fourth-order valence-corrected chi connectivity index (χ4v) is 3.41. The van der Waals surface area contributed by atoms with E-state index in [9.17, 15) is 4.79 Å². The molecule has 0 fully saturated rings. The molecular formula is C14H21NO2S. The molecule has 0 bridgehead atoms. The van der Waals surface area contributed by atoms with Crippen molar-refractivity contribution < 1.29 is 9.53 Å². The first-order chi connectivity index (χ1) is 8.76. The maximum absolute atomic E-state index is 11.9. The van der Waals surface area contributed by atoms with Gasteiger partial charge in [-0.3, -0.25) is 9.69 Å². The highest BCUT2D eigenvalue weighted by atomic mass is 32.1. The van der Waals surface area contributed by atoms with Gasteiger partial charge in [-0.05, 0) is 29.9 Å². The van der Waals surface area contributed by atoms with E-state index in [1.807, 2.05) is 11.3 Å². The number of unbranched alkanes of at least 4 members (excludes halogenated alkanes) is 1. The maximum Gasteiger partial charge on any atom is 0.323 e. The Morgan fingerprint density at radius 1 is 1.61 bits per heavy atom. The minimum absolute atomic E-state index is 0.0667. The van der Waals surface area contributed by atoms with E-state index in [1.165, 1.54) is 17.6 Å². The van der Waals surface area contributed by atoms with Gasteiger partial charge < -0.3 is 4.74 Å². The molecule has 1 aliphatic rings. The first-order valence-electron chi connectivity index (χ1n) is 6.63. The number of hydrogen-bond donors (Lipinski definition) is 0. The summed E-state index contributed by atoms with van der Waals surface area (Å²) < 4.78 is 4.95. The second kappa shape index (κ2) is 6.34. The summed E-state index contributed by atoms with van der Waals surface area (Å²) in [6.07, 6.45) is 4.16. The van der Waals surface area contributed by atoms with Crippen molar-refractivity contribution in [1.29, 1.82) is 0 Å². The third-order valence-corrected chi connectivity index (χ3v) is 4.61. The van der Waals surface area contributed by atoms with Crippen LogP contribution >= 0.6 is 11.3 Å². The molecule has 0 spiro atoms. The number of nitrogens with zero attached hydrogens (tertiary/aromatic N) is 1. The maximum atomic E-state index is 11.9. The van der Waals surface area contributed by atoms with Crippen LogP contribution in [0.15, 0.2) is 11.4 Å². The molecule has 1 aromatic heterocycles. The quantitative estimate of drug-likeness (QED) is 0.768. The second-order valence-corrected chi connectivity index (χ2v) is 5.77. The topological polar surface area (TPSA) is 29.5 Å². The standard InChI is InChI=1S/C14H21NO2S/c1-3-4-5-12(14(16)17-2)15-8-6-13-11(10-15)7-9-18-13/h7,9,12H,3-6,8,10H2,1-2H3. The fraction of sp³-hybridized carbons (Fsp3) is 0.643. The van der Waals surface area contributed by atoms with Crippen LogP contribution < -0.4 is 0 Å². The van der Waals surface area contributed by atoms with Crippen molar-refractivity contribution in [2.24, 2.45) is 0 Å². The van der Waals surface area contributed by atoms with Gasteiger partial charge in [0.1, 0.15) is 6.04 Å². The van der Waals surface area contributed by atoms with E-state index >= 15 is 0 Å². The van der Waals surface area contributed by atoms with Crippen molar-refractivity contribution in [3.8, 4) is 0 Å². The number of carbonyl (C=O) groups is 1. The van der Waals surface area contributed by atoms with Crippen LogP contribution in [0.4, 0.5) is 0 Å². The van der Waals surface area contributed by atoms with Crippen molar-refractivity contribution in [2.45, 2.75) is 45.2 Å². The molecule has 2 rings (SSSR count). The Labute approximate surface area is 113 Å². The van der Waals surface area contributed by atoms with Gasteiger partial charge in [0.25, 0.3) is 0 Å². The molecule has 100 valence electrons. The number of fused-ring (bicyclic) bond motifs is 1. The van der Waals surface area contributed by atoms with Crippen LogP contribution in [0, 0.1) is 0 Å². The van der Waals surface area contributed by atoms with E-state index in [4.69, 9.17) is 4.74 Å². The Morgan fingerprint density at radius 3 is 3.17 bits per heavy atom. The Balaban J connectivity index is 2.05. The Morgan fingerprint density at radius 2 is 2.44 bits per heavy atom. The summed E-state index contributed by atoms with van der Waals surface area (Å²) in [5.74, 6) is -0.0814. The van der Waals surface area contributed by atoms with Crippen LogP contribution in [0.2, 0.25) is 0 Å². The van der Waals surface area contributed by atoms with Crippen LogP contribution in [0.25, 0.3) is 0 Å². The van der Waals surface area contributed by atoms with Gasteiger partial charge >= 0.3 is 5.97 Å². The zero-order valence-corrected chi connectivity index (χ0v) is 12.0. The normalized spacial score (nSPS) is 17.2. The Hall–Kier alpha value is -0.870. The molecule has 1 aliphatic heterocycles. The van der Waals surface area contributed by atoms with E-state index in [0.29, 0.717) is 0 Å². The first-order valence-corrected chi connectivity index (χ1v) is 7.51. The summed E-state index contributed by atoms with van der Waals surface area (Å²) >= 11 is 1.83. The molecule has 0 aromatic carbocycles. The summed E-state index contributed by atoms with van der Waals surface area (Å²) in [5.41, 5.74) is 1.39. The lowest BCUT2D eigenvalue weighted by Gasteiger charge is -2.32. The molecule has 0 amide bonds. The number of ether oxygens (including phenoxy) is 1. The van der Waals surface area contributed by atoms with Crippen molar-refractivity contribution in [2.75, 3.05) is 13.7 Å². The summed E-state index contributed by atoms with van der Waals surface area (Å²) in [4.78, 5) is 15.7. The highest BCUT2D eigenvalue weighted by Gasteiger charge is 2.29. The average molecular weight is 267 g/mol. The van der Waals surface area contributed by atoms with Gasteiger partial charge in [-0.25, -0.2) is 0 Å². The number of rotatable bonds is 5. The van der Waals surface area contributed by atoms with E-state index in [0.717, 1.165) is 38.8 Å². The monoisotopic (exact) mass is 267 g/mol. The van der Waals surface area contributed by atoms with Crippen LogP contribution in [-0.2, 0) is 22.5 Å². The third kappa shape index (κ3) is 2.93. The average Bonchev–Trinajstić information content (AvgIpc) is 2.86. The van der Waals surface area contributed by atoms with Crippen molar-refractivity contribution in [1.82, 2.24) is 4.90 Å². The zero-order valence-electron chi connectivity index (χ0n) is 11.1. The molecule has 0 saturated carbocycles. The number of thiophene rings is 1. The summed E-state index contributed by atoms with van der Waals surface area (Å²) in [7, 11) is 1.49. The molecule has 0 N–H and O–H groups in total. The lowest BCUT2D eigenvalue weighted by atomic mass is 10.0. The number of methoxy groups -OCH3 is 1. The number of esters is 1. The molecule has 4 heteroatoms. The third-order valence-electron chi connectivity index (χ3n) is 3.58. The fourth-order valence-electron chi connectivity index (χ4n) is 2.52. The predicted molar refractivity (Wildman–Crippen MR) is 73.8 cm³/mol. The highest BCUT2D eigenvalue weighted by molar-refractivity contribution is 7.10. The molecule has 18 heavy (non-hydrogen) atoms. The second-order valence-electron chi connectivity index (χ2n) is 4.77. The minimum Gasteiger partial charge on any atom is -0.468 e. The summed E-state index contributed by atoms with van der Waals surface area (Å²) in [5, 5.41) is 2.15. The van der Waals surface area contributed by atoms with Crippen LogP contribution in [0.3, 0.4) is 0 Å². The van der Waals surface area contributed by atoms with Crippen molar-refractivity contribution in [3.05, 3.63) is 21.9 Å². The minimum atomic E-state index is -0.0814. The Kier molecular flexibility index (Phi) is 4.78. The molecule has 0 saturated heterocycles. The van der Waals surface area contributed by atoms with E-state index in [1.54, 1.807) is 0 Å². The van der Waals surface area contributed by atoms with E-state index in [2.05, 4.69) is 23.3 Å². The van der Waals surface area contributed by atoms with Crippen molar-refractivity contribution >= 4 is 17.3 Å². The lowest BCUT2D eigenvalue weighted by Crippen LogP contribution is -2.44. The zero-order chi connectivity index (χ0) is 13.0. The Bertz CT molecular complexity index is 402. The van der Waals surface area contributed by atoms with Crippen LogP contribution in [-0.4, -0.2) is 30.6 Å². The summed E-state index contributed by atoms with van der Waals surface area (Å²) in [6, 6.07) is 2.11. The summed E-state index contributed by atoms with van der Waals surface area (Å²) in [6.45, 7) is 4.01. The molecule has 1 aromatic rings. The molecule has 1 atom stereocenters. The van der Waals surface area contributed by atoms with Gasteiger partial charge in [-0.1, -0.05) is 19.8 Å². The molecule has 0 radical (unpaired) electrons. The van der Waals surface area contributed by atoms with Gasteiger partial charge in [-0.2, -0.15) is 0 Å². The molecule has 1 unspecified atom stereocenters.